The van der Waals surface area contributed by atoms with E-state index in [0.29, 0.717) is 55.1 Å². The molecule has 0 saturated carbocycles. The van der Waals surface area contributed by atoms with Crippen LogP contribution in [-0.2, 0) is 11.3 Å². The number of fused-ring (bicyclic) bond motifs is 1. The van der Waals surface area contributed by atoms with Crippen molar-refractivity contribution >= 4 is 23.7 Å². The van der Waals surface area contributed by atoms with Gasteiger partial charge in [0.25, 0.3) is 0 Å². The maximum atomic E-state index is 13.6. The van der Waals surface area contributed by atoms with Crippen molar-refractivity contribution in [3.05, 3.63) is 83.4 Å². The second-order valence-electron chi connectivity index (χ2n) is 9.23. The minimum Gasteiger partial charge on any atom is -0.340 e. The zero-order chi connectivity index (χ0) is 25.9. The van der Waals surface area contributed by atoms with Crippen LogP contribution < -0.4 is 10.6 Å². The van der Waals surface area contributed by atoms with Crippen molar-refractivity contribution in [1.82, 2.24) is 24.7 Å². The van der Waals surface area contributed by atoms with Crippen molar-refractivity contribution in [1.29, 1.82) is 5.26 Å². The van der Waals surface area contributed by atoms with Crippen LogP contribution in [0.2, 0.25) is 0 Å². The van der Waals surface area contributed by atoms with Crippen LogP contribution in [0, 0.1) is 18.3 Å². The number of anilines is 1. The highest BCUT2D eigenvalue weighted by atomic mass is 16.2. The molecule has 1 saturated heterocycles. The van der Waals surface area contributed by atoms with Crippen LogP contribution in [0.4, 0.5) is 15.3 Å². The molecule has 10 heteroatoms. The van der Waals surface area contributed by atoms with E-state index in [9.17, 15) is 14.4 Å². The topological polar surface area (TPSA) is 123 Å². The van der Waals surface area contributed by atoms with Gasteiger partial charge in [-0.2, -0.15) is 5.26 Å². The average molecular weight is 498 g/mol. The number of rotatable bonds is 5. The lowest BCUT2D eigenvalue weighted by atomic mass is 10.0. The standard InChI is InChI=1S/C27H27N7O3/c1-18-29-16-23-17-33(27(37)34(18)23)22-11-13-32(14-12-22)25(35)24(20-5-3-2-4-6-20)31-26(36)30-21-9-7-19(15-28)8-10-21/h2-10,16,22,24H,11-14,17H2,1H3,(H2,30,31,36). The number of carbonyl (C=O) groups is 3. The number of piperidine rings is 1. The molecule has 10 nitrogen and oxygen atoms in total. The van der Waals surface area contributed by atoms with Gasteiger partial charge < -0.3 is 20.4 Å². The molecule has 1 atom stereocenters. The first-order chi connectivity index (χ1) is 17.9. The number of likely N-dealkylation sites (tertiary alicyclic amines) is 1. The van der Waals surface area contributed by atoms with E-state index in [2.05, 4.69) is 15.6 Å². The molecule has 0 radical (unpaired) electrons. The summed E-state index contributed by atoms with van der Waals surface area (Å²) in [6, 6.07) is 16.3. The van der Waals surface area contributed by atoms with Gasteiger partial charge in [0.15, 0.2) is 0 Å². The van der Waals surface area contributed by atoms with Crippen molar-refractivity contribution < 1.29 is 14.4 Å². The molecule has 1 aromatic heterocycles. The monoisotopic (exact) mass is 497 g/mol. The van der Waals surface area contributed by atoms with Gasteiger partial charge in [0, 0.05) is 24.8 Å². The number of nitrogens with zero attached hydrogens (tertiary/aromatic N) is 5. The van der Waals surface area contributed by atoms with E-state index in [-0.39, 0.29) is 18.0 Å². The van der Waals surface area contributed by atoms with Crippen LogP contribution in [-0.4, -0.2) is 56.5 Å². The number of aryl methyl sites for hydroxylation is 1. The summed E-state index contributed by atoms with van der Waals surface area (Å²) < 4.78 is 1.65. The van der Waals surface area contributed by atoms with Gasteiger partial charge in [0.1, 0.15) is 11.9 Å². The van der Waals surface area contributed by atoms with E-state index in [1.807, 2.05) is 48.2 Å². The van der Waals surface area contributed by atoms with Crippen molar-refractivity contribution in [2.45, 2.75) is 38.4 Å². The Balaban J connectivity index is 1.24. The molecule has 3 aromatic rings. The molecule has 188 valence electrons. The van der Waals surface area contributed by atoms with E-state index in [0.717, 1.165) is 5.69 Å². The molecular weight excluding hydrogens is 470 g/mol. The first kappa shape index (κ1) is 24.1. The number of urea groups is 1. The number of hydrogen-bond acceptors (Lipinski definition) is 5. The van der Waals surface area contributed by atoms with Gasteiger partial charge in [-0.1, -0.05) is 30.3 Å². The van der Waals surface area contributed by atoms with Gasteiger partial charge in [0.2, 0.25) is 5.91 Å². The molecule has 2 N–H and O–H groups in total. The van der Waals surface area contributed by atoms with E-state index in [1.54, 1.807) is 39.9 Å². The molecule has 2 aliphatic heterocycles. The molecular formula is C27H27N7O3. The lowest BCUT2D eigenvalue weighted by molar-refractivity contribution is -0.134. The van der Waals surface area contributed by atoms with E-state index >= 15 is 0 Å². The third-order valence-electron chi connectivity index (χ3n) is 6.92. The first-order valence-electron chi connectivity index (χ1n) is 12.2. The fourth-order valence-electron chi connectivity index (χ4n) is 4.96. The lowest BCUT2D eigenvalue weighted by Gasteiger charge is -2.37. The molecule has 2 aliphatic rings. The molecule has 2 aromatic carbocycles. The zero-order valence-electron chi connectivity index (χ0n) is 20.4. The molecule has 1 unspecified atom stereocenters. The molecule has 4 amide bonds. The maximum absolute atomic E-state index is 13.6. The van der Waals surface area contributed by atoms with Gasteiger partial charge in [-0.05, 0) is 49.6 Å². The predicted octanol–water partition coefficient (Wildman–Crippen LogP) is 3.40. The normalized spacial score (nSPS) is 16.2. The molecule has 0 spiro atoms. The van der Waals surface area contributed by atoms with Crippen molar-refractivity contribution in [3.8, 4) is 6.07 Å². The Bertz CT molecular complexity index is 1350. The summed E-state index contributed by atoms with van der Waals surface area (Å²) in [6.45, 7) is 3.33. The first-order valence-corrected chi connectivity index (χ1v) is 12.2. The Labute approximate surface area is 214 Å². The molecule has 1 fully saturated rings. The summed E-state index contributed by atoms with van der Waals surface area (Å²) in [5.41, 5.74) is 2.58. The van der Waals surface area contributed by atoms with Crippen LogP contribution in [0.15, 0.2) is 60.8 Å². The summed E-state index contributed by atoms with van der Waals surface area (Å²) in [6.07, 6.45) is 3.06. The molecule has 0 bridgehead atoms. The Morgan fingerprint density at radius 2 is 1.78 bits per heavy atom. The van der Waals surface area contributed by atoms with Gasteiger partial charge in [-0.3, -0.25) is 9.36 Å². The predicted molar refractivity (Wildman–Crippen MR) is 135 cm³/mol. The smallest absolute Gasteiger partial charge is 0.330 e. The molecule has 3 heterocycles. The number of nitriles is 1. The fourth-order valence-corrected chi connectivity index (χ4v) is 4.96. The second-order valence-corrected chi connectivity index (χ2v) is 9.23. The Kier molecular flexibility index (Phi) is 6.60. The average Bonchev–Trinajstić information content (AvgIpc) is 3.47. The summed E-state index contributed by atoms with van der Waals surface area (Å²) in [7, 11) is 0. The minimum absolute atomic E-state index is 0.0404. The van der Waals surface area contributed by atoms with Gasteiger partial charge in [-0.15, -0.1) is 0 Å². The third kappa shape index (κ3) is 4.89. The van der Waals surface area contributed by atoms with Crippen molar-refractivity contribution in [3.63, 3.8) is 0 Å². The van der Waals surface area contributed by atoms with Gasteiger partial charge in [-0.25, -0.2) is 14.6 Å². The summed E-state index contributed by atoms with van der Waals surface area (Å²) in [5, 5.41) is 14.5. The van der Waals surface area contributed by atoms with E-state index in [4.69, 9.17) is 5.26 Å². The second kappa shape index (κ2) is 10.1. The van der Waals surface area contributed by atoms with Crippen LogP contribution in [0.5, 0.6) is 0 Å². The molecule has 37 heavy (non-hydrogen) atoms. The summed E-state index contributed by atoms with van der Waals surface area (Å²) in [4.78, 5) is 47.1. The molecule has 0 aliphatic carbocycles. The summed E-state index contributed by atoms with van der Waals surface area (Å²) in [5.74, 6) is 0.491. The Morgan fingerprint density at radius 3 is 2.43 bits per heavy atom. The number of amides is 4. The lowest BCUT2D eigenvalue weighted by Crippen LogP contribution is -2.50. The van der Waals surface area contributed by atoms with Crippen LogP contribution in [0.1, 0.15) is 41.5 Å². The Hall–Kier alpha value is -4.65. The minimum atomic E-state index is -0.862. The number of aromatic nitrogens is 2. The van der Waals surface area contributed by atoms with E-state index in [1.165, 1.54) is 0 Å². The van der Waals surface area contributed by atoms with E-state index < -0.39 is 12.1 Å². The largest absolute Gasteiger partial charge is 0.340 e. The number of imidazole rings is 1. The van der Waals surface area contributed by atoms with Crippen LogP contribution in [0.3, 0.4) is 0 Å². The highest BCUT2D eigenvalue weighted by Gasteiger charge is 2.37. The molecule has 5 rings (SSSR count). The maximum Gasteiger partial charge on any atom is 0.330 e. The van der Waals surface area contributed by atoms with Crippen LogP contribution in [0.25, 0.3) is 0 Å². The fraction of sp³-hybridized carbons (Fsp3) is 0.296. The highest BCUT2D eigenvalue weighted by Crippen LogP contribution is 2.27. The number of hydrogen-bond donors (Lipinski definition) is 2. The quantitative estimate of drug-likeness (QED) is 0.559. The van der Waals surface area contributed by atoms with Crippen LogP contribution >= 0.6 is 0 Å². The number of benzene rings is 2. The van der Waals surface area contributed by atoms with Gasteiger partial charge >= 0.3 is 12.1 Å². The van der Waals surface area contributed by atoms with Crippen molar-refractivity contribution in [2.75, 3.05) is 18.4 Å². The third-order valence-corrected chi connectivity index (χ3v) is 6.92. The Morgan fingerprint density at radius 1 is 1.08 bits per heavy atom. The number of nitrogens with one attached hydrogen (secondary N) is 2. The summed E-state index contributed by atoms with van der Waals surface area (Å²) >= 11 is 0. The van der Waals surface area contributed by atoms with Gasteiger partial charge in [0.05, 0.1) is 30.1 Å². The van der Waals surface area contributed by atoms with Crippen molar-refractivity contribution in [2.24, 2.45) is 0 Å². The highest BCUT2D eigenvalue weighted by molar-refractivity contribution is 5.94. The number of carbonyl (C=O) groups excluding carboxylic acids is 3. The zero-order valence-corrected chi connectivity index (χ0v) is 20.4. The SMILES string of the molecule is Cc1ncc2n1C(=O)N(C1CCN(C(=O)C(NC(=O)Nc3ccc(C#N)cc3)c3ccccc3)CC1)C2.